The second kappa shape index (κ2) is 5.51. The molecular formula is C12H11NO3S2. The van der Waals surface area contributed by atoms with Crippen molar-refractivity contribution in [1.82, 2.24) is 0 Å². The molecule has 1 N–H and O–H groups in total. The average Bonchev–Trinajstić information content (AvgIpc) is 2.81. The highest BCUT2D eigenvalue weighted by molar-refractivity contribution is 8.01. The Morgan fingerprint density at radius 3 is 2.78 bits per heavy atom. The van der Waals surface area contributed by atoms with Gasteiger partial charge in [0.15, 0.2) is 0 Å². The summed E-state index contributed by atoms with van der Waals surface area (Å²) in [5.41, 5.74) is 0.587. The predicted octanol–water partition coefficient (Wildman–Crippen LogP) is 3.86. The summed E-state index contributed by atoms with van der Waals surface area (Å²) in [6.45, 7) is 1.59. The third kappa shape index (κ3) is 2.90. The van der Waals surface area contributed by atoms with Gasteiger partial charge in [-0.3, -0.25) is 10.1 Å². The van der Waals surface area contributed by atoms with Crippen LogP contribution in [-0.2, 0) is 0 Å². The maximum Gasteiger partial charge on any atom is 0.283 e. The number of benzene rings is 1. The molecule has 0 amide bonds. The molecule has 0 saturated carbocycles. The van der Waals surface area contributed by atoms with E-state index in [0.29, 0.717) is 10.5 Å². The van der Waals surface area contributed by atoms with E-state index >= 15 is 0 Å². The Bertz CT molecular complexity index is 552. The first-order chi connectivity index (χ1) is 8.58. The number of nitro benzene ring substituents is 1. The van der Waals surface area contributed by atoms with E-state index in [2.05, 4.69) is 0 Å². The van der Waals surface area contributed by atoms with Crippen LogP contribution in [0.4, 0.5) is 5.69 Å². The fourth-order valence-corrected chi connectivity index (χ4v) is 3.27. The Kier molecular flexibility index (Phi) is 4.00. The van der Waals surface area contributed by atoms with Crippen molar-refractivity contribution in [2.24, 2.45) is 0 Å². The lowest BCUT2D eigenvalue weighted by Crippen LogP contribution is -1.96. The Morgan fingerprint density at radius 2 is 2.22 bits per heavy atom. The fourth-order valence-electron chi connectivity index (χ4n) is 1.45. The Hall–Kier alpha value is -1.37. The van der Waals surface area contributed by atoms with Crippen molar-refractivity contribution in [3.05, 3.63) is 51.4 Å². The molecule has 2 rings (SSSR count). The molecule has 0 bridgehead atoms. The summed E-state index contributed by atoms with van der Waals surface area (Å²) in [5, 5.41) is 22.4. The summed E-state index contributed by atoms with van der Waals surface area (Å²) in [4.78, 5) is 11.2. The van der Waals surface area contributed by atoms with Crippen LogP contribution in [0.3, 0.4) is 0 Å². The van der Waals surface area contributed by atoms with Gasteiger partial charge in [0.2, 0.25) is 0 Å². The van der Waals surface area contributed by atoms with Crippen LogP contribution >= 0.6 is 23.1 Å². The van der Waals surface area contributed by atoms with E-state index in [-0.39, 0.29) is 5.69 Å². The molecule has 0 aliphatic carbocycles. The topological polar surface area (TPSA) is 63.4 Å². The van der Waals surface area contributed by atoms with Crippen LogP contribution in [-0.4, -0.2) is 10.0 Å². The highest BCUT2D eigenvalue weighted by atomic mass is 32.2. The SMILES string of the molecule is C[C@@H](O)c1ccc(Sc2cccs2)c([N+](=O)[O-])c1. The number of hydrogen-bond donors (Lipinski definition) is 1. The van der Waals surface area contributed by atoms with Gasteiger partial charge in [0, 0.05) is 6.07 Å². The van der Waals surface area contributed by atoms with Gasteiger partial charge in [-0.2, -0.15) is 0 Å². The first kappa shape index (κ1) is 13.1. The molecule has 2 aromatic rings. The summed E-state index contributed by atoms with van der Waals surface area (Å²) in [6, 6.07) is 8.66. The lowest BCUT2D eigenvalue weighted by Gasteiger charge is -2.06. The molecule has 1 heterocycles. The third-order valence-corrected chi connectivity index (χ3v) is 4.47. The van der Waals surface area contributed by atoms with Gasteiger partial charge in [-0.25, -0.2) is 0 Å². The number of nitrogens with zero attached hydrogens (tertiary/aromatic N) is 1. The molecule has 0 spiro atoms. The van der Waals surface area contributed by atoms with Crippen LogP contribution in [0.5, 0.6) is 0 Å². The van der Waals surface area contributed by atoms with Crippen LogP contribution in [0, 0.1) is 10.1 Å². The van der Waals surface area contributed by atoms with E-state index in [9.17, 15) is 15.2 Å². The molecule has 0 fully saturated rings. The van der Waals surface area contributed by atoms with E-state index < -0.39 is 11.0 Å². The predicted molar refractivity (Wildman–Crippen MR) is 72.2 cm³/mol. The maximum atomic E-state index is 11.0. The third-order valence-electron chi connectivity index (χ3n) is 2.37. The molecular weight excluding hydrogens is 270 g/mol. The van der Waals surface area contributed by atoms with Crippen LogP contribution in [0.1, 0.15) is 18.6 Å². The first-order valence-electron chi connectivity index (χ1n) is 5.25. The van der Waals surface area contributed by atoms with Crippen LogP contribution in [0.2, 0.25) is 0 Å². The first-order valence-corrected chi connectivity index (χ1v) is 6.95. The molecule has 1 aromatic heterocycles. The highest BCUT2D eigenvalue weighted by Gasteiger charge is 2.17. The van der Waals surface area contributed by atoms with E-state index in [1.54, 1.807) is 19.1 Å². The van der Waals surface area contributed by atoms with Gasteiger partial charge >= 0.3 is 0 Å². The van der Waals surface area contributed by atoms with Gasteiger partial charge in [-0.15, -0.1) is 11.3 Å². The molecule has 94 valence electrons. The van der Waals surface area contributed by atoms with Crippen LogP contribution in [0.25, 0.3) is 0 Å². The van der Waals surface area contributed by atoms with E-state index in [0.717, 1.165) is 4.21 Å². The molecule has 4 nitrogen and oxygen atoms in total. The van der Waals surface area contributed by atoms with Gasteiger partial charge in [0.25, 0.3) is 5.69 Å². The molecule has 1 aromatic carbocycles. The Morgan fingerprint density at radius 1 is 1.44 bits per heavy atom. The van der Waals surface area contributed by atoms with Crippen molar-refractivity contribution in [2.45, 2.75) is 22.1 Å². The Labute approximate surface area is 112 Å². The second-order valence-corrected chi connectivity index (χ2v) is 5.98. The quantitative estimate of drug-likeness (QED) is 0.682. The summed E-state index contributed by atoms with van der Waals surface area (Å²) in [6.07, 6.45) is -0.704. The van der Waals surface area contributed by atoms with E-state index in [1.807, 2.05) is 17.5 Å². The minimum Gasteiger partial charge on any atom is -0.389 e. The van der Waals surface area contributed by atoms with Gasteiger partial charge in [-0.1, -0.05) is 23.9 Å². The summed E-state index contributed by atoms with van der Waals surface area (Å²) in [5.74, 6) is 0. The molecule has 0 aliphatic rings. The molecule has 0 saturated heterocycles. The number of thiophene rings is 1. The zero-order valence-corrected chi connectivity index (χ0v) is 11.2. The van der Waals surface area contributed by atoms with Crippen molar-refractivity contribution >= 4 is 28.8 Å². The van der Waals surface area contributed by atoms with Crippen molar-refractivity contribution in [3.8, 4) is 0 Å². The fraction of sp³-hybridized carbons (Fsp3) is 0.167. The maximum absolute atomic E-state index is 11.0. The van der Waals surface area contributed by atoms with Crippen molar-refractivity contribution in [1.29, 1.82) is 0 Å². The zero-order valence-electron chi connectivity index (χ0n) is 9.57. The summed E-state index contributed by atoms with van der Waals surface area (Å²) in [7, 11) is 0. The van der Waals surface area contributed by atoms with Crippen molar-refractivity contribution < 1.29 is 10.0 Å². The average molecular weight is 281 g/mol. The van der Waals surface area contributed by atoms with Crippen molar-refractivity contribution in [2.75, 3.05) is 0 Å². The molecule has 1 atom stereocenters. The van der Waals surface area contributed by atoms with Gasteiger partial charge in [0.1, 0.15) is 0 Å². The molecule has 6 heteroatoms. The number of rotatable bonds is 4. The minimum absolute atomic E-state index is 0.0341. The summed E-state index contributed by atoms with van der Waals surface area (Å²) >= 11 is 2.90. The number of nitro groups is 1. The standard InChI is InChI=1S/C12H11NO3S2/c1-8(14)9-4-5-11(10(7-9)13(15)16)18-12-3-2-6-17-12/h2-8,14H,1H3/t8-/m1/s1. The van der Waals surface area contributed by atoms with E-state index in [4.69, 9.17) is 0 Å². The van der Waals surface area contributed by atoms with Gasteiger partial charge in [-0.05, 0) is 30.0 Å². The number of aliphatic hydroxyl groups is 1. The monoisotopic (exact) mass is 281 g/mol. The lowest BCUT2D eigenvalue weighted by molar-refractivity contribution is -0.387. The lowest BCUT2D eigenvalue weighted by atomic mass is 10.1. The smallest absolute Gasteiger partial charge is 0.283 e. The summed E-state index contributed by atoms with van der Waals surface area (Å²) < 4.78 is 1.00. The van der Waals surface area contributed by atoms with E-state index in [1.165, 1.54) is 29.2 Å². The van der Waals surface area contributed by atoms with Gasteiger partial charge in [0.05, 0.1) is 20.1 Å². The largest absolute Gasteiger partial charge is 0.389 e. The molecule has 0 aliphatic heterocycles. The molecule has 0 unspecified atom stereocenters. The minimum atomic E-state index is -0.704. The van der Waals surface area contributed by atoms with Crippen LogP contribution in [0.15, 0.2) is 44.8 Å². The normalized spacial score (nSPS) is 12.3. The highest BCUT2D eigenvalue weighted by Crippen LogP contribution is 2.38. The Balaban J connectivity index is 2.37. The number of hydrogen-bond acceptors (Lipinski definition) is 5. The van der Waals surface area contributed by atoms with Gasteiger partial charge < -0.3 is 5.11 Å². The zero-order chi connectivity index (χ0) is 13.1. The second-order valence-electron chi connectivity index (χ2n) is 3.69. The van der Waals surface area contributed by atoms with Crippen LogP contribution < -0.4 is 0 Å². The number of aliphatic hydroxyl groups excluding tert-OH is 1. The molecule has 18 heavy (non-hydrogen) atoms. The molecule has 0 radical (unpaired) electrons. The van der Waals surface area contributed by atoms with Crippen molar-refractivity contribution in [3.63, 3.8) is 0 Å².